The molecular weight excluding hydrogens is 648 g/mol. The second-order valence-corrected chi connectivity index (χ2v) is 10.8. The lowest BCUT2D eigenvalue weighted by Crippen LogP contribution is -2.61. The standard InChI is InChI=1S/C26H34N8O14/c35-9-15-17(37)19(39)21(41)25(45-15)47-33-7-13(29-31-33)5-27-23(43)11-2-1-3-12(4-11)24(44)28-6-14-8-34(32-30-14)48-26-22(42)20(40)18(38)16(10-36)46-26/h1-4,7-8,15-22,25-26,35-42H,5-6,9-10H2,(H,27,43)(H,28,44)/t15-,16-,17-,18-,19+,20+,21-,22-,25+,26+/m1/s1. The predicted molar refractivity (Wildman–Crippen MR) is 150 cm³/mol. The Labute approximate surface area is 269 Å². The van der Waals surface area contributed by atoms with Crippen LogP contribution in [0.3, 0.4) is 0 Å². The number of rotatable bonds is 12. The highest BCUT2D eigenvalue weighted by atomic mass is 16.8. The summed E-state index contributed by atoms with van der Waals surface area (Å²) >= 11 is 0. The van der Waals surface area contributed by atoms with Crippen molar-refractivity contribution < 1.29 is 69.6 Å². The Bertz CT molecular complexity index is 1430. The van der Waals surface area contributed by atoms with Crippen LogP contribution >= 0.6 is 0 Å². The van der Waals surface area contributed by atoms with Gasteiger partial charge in [0.25, 0.3) is 24.4 Å². The molecule has 2 fully saturated rings. The molecule has 0 bridgehead atoms. The molecule has 0 aliphatic carbocycles. The van der Waals surface area contributed by atoms with Crippen molar-refractivity contribution in [2.75, 3.05) is 13.2 Å². The normalized spacial score (nSPS) is 30.4. The van der Waals surface area contributed by atoms with E-state index < -0.39 is 86.4 Å². The molecule has 10 N–H and O–H groups in total. The van der Waals surface area contributed by atoms with E-state index in [-0.39, 0.29) is 35.6 Å². The van der Waals surface area contributed by atoms with Crippen LogP contribution < -0.4 is 20.3 Å². The number of aliphatic hydroxyl groups is 8. The number of benzene rings is 1. The first-order valence-electron chi connectivity index (χ1n) is 14.4. The summed E-state index contributed by atoms with van der Waals surface area (Å²) in [5.41, 5.74) is 0.744. The average molecular weight is 683 g/mol. The van der Waals surface area contributed by atoms with Gasteiger partial charge in [-0.15, -0.1) is 10.2 Å². The molecule has 2 amide bonds. The number of aromatic nitrogens is 6. The Morgan fingerprint density at radius 1 is 0.688 bits per heavy atom. The molecule has 2 aromatic heterocycles. The molecule has 22 nitrogen and oxygen atoms in total. The zero-order valence-electron chi connectivity index (χ0n) is 24.8. The number of hydrogen-bond donors (Lipinski definition) is 10. The summed E-state index contributed by atoms with van der Waals surface area (Å²) in [6.07, 6.45) is -12.6. The molecule has 1 aromatic carbocycles. The highest BCUT2D eigenvalue weighted by molar-refractivity contribution is 5.99. The van der Waals surface area contributed by atoms with E-state index in [4.69, 9.17) is 19.1 Å². The summed E-state index contributed by atoms with van der Waals surface area (Å²) in [5, 5.41) is 98.6. The maximum Gasteiger partial charge on any atom is 0.256 e. The first-order chi connectivity index (χ1) is 23.0. The van der Waals surface area contributed by atoms with E-state index in [9.17, 15) is 50.4 Å². The Kier molecular flexibility index (Phi) is 11.1. The first kappa shape index (κ1) is 35.0. The van der Waals surface area contributed by atoms with Gasteiger partial charge in [-0.1, -0.05) is 15.8 Å². The van der Waals surface area contributed by atoms with Gasteiger partial charge >= 0.3 is 0 Å². The molecule has 48 heavy (non-hydrogen) atoms. The summed E-state index contributed by atoms with van der Waals surface area (Å²) in [6, 6.07) is 5.81. The zero-order valence-corrected chi connectivity index (χ0v) is 24.8. The Morgan fingerprint density at radius 2 is 1.10 bits per heavy atom. The van der Waals surface area contributed by atoms with Crippen molar-refractivity contribution in [3.63, 3.8) is 0 Å². The largest absolute Gasteiger partial charge is 0.394 e. The third kappa shape index (κ3) is 7.84. The van der Waals surface area contributed by atoms with Crippen molar-refractivity contribution >= 4 is 11.8 Å². The minimum absolute atomic E-state index is 0.117. The van der Waals surface area contributed by atoms with Crippen LogP contribution in [0.25, 0.3) is 0 Å². The molecule has 0 spiro atoms. The van der Waals surface area contributed by atoms with E-state index in [1.54, 1.807) is 0 Å². The van der Waals surface area contributed by atoms with Crippen LogP contribution in [0.4, 0.5) is 0 Å². The number of amides is 2. The summed E-state index contributed by atoms with van der Waals surface area (Å²) in [4.78, 5) is 37.8. The fraction of sp³-hybridized carbons (Fsp3) is 0.538. The topological polar surface area (TPSA) is 318 Å². The van der Waals surface area contributed by atoms with E-state index in [1.807, 2.05) is 0 Å². The Balaban J connectivity index is 1.10. The van der Waals surface area contributed by atoms with Crippen molar-refractivity contribution in [1.29, 1.82) is 0 Å². The van der Waals surface area contributed by atoms with Crippen molar-refractivity contribution in [2.45, 2.75) is 74.5 Å². The number of nitrogens with one attached hydrogen (secondary N) is 2. The number of hydrogen-bond acceptors (Lipinski definition) is 18. The van der Waals surface area contributed by atoms with E-state index in [2.05, 4.69) is 31.3 Å². The molecule has 0 unspecified atom stereocenters. The molecule has 2 saturated heterocycles. The molecule has 2 aliphatic rings. The van der Waals surface area contributed by atoms with Gasteiger partial charge in [0.05, 0.1) is 38.7 Å². The van der Waals surface area contributed by atoms with Gasteiger partial charge in [0.2, 0.25) is 0 Å². The van der Waals surface area contributed by atoms with Crippen LogP contribution in [0.1, 0.15) is 32.1 Å². The minimum Gasteiger partial charge on any atom is -0.394 e. The molecule has 5 rings (SSSR count). The van der Waals surface area contributed by atoms with E-state index in [0.717, 1.165) is 9.69 Å². The van der Waals surface area contributed by atoms with Gasteiger partial charge in [0, 0.05) is 11.1 Å². The maximum atomic E-state index is 12.8. The molecule has 4 heterocycles. The summed E-state index contributed by atoms with van der Waals surface area (Å²) in [7, 11) is 0. The van der Waals surface area contributed by atoms with E-state index in [1.165, 1.54) is 36.7 Å². The van der Waals surface area contributed by atoms with Crippen molar-refractivity contribution in [1.82, 2.24) is 40.9 Å². The third-order valence-electron chi connectivity index (χ3n) is 7.41. The zero-order chi connectivity index (χ0) is 34.5. The van der Waals surface area contributed by atoms with Crippen molar-refractivity contribution in [3.05, 3.63) is 59.2 Å². The fourth-order valence-corrected chi connectivity index (χ4v) is 4.70. The number of ether oxygens (including phenoxy) is 2. The Morgan fingerprint density at radius 3 is 1.50 bits per heavy atom. The molecule has 3 aromatic rings. The second kappa shape index (κ2) is 15.2. The highest BCUT2D eigenvalue weighted by Crippen LogP contribution is 2.22. The van der Waals surface area contributed by atoms with Gasteiger partial charge in [-0.3, -0.25) is 9.59 Å². The van der Waals surface area contributed by atoms with Crippen LogP contribution in [0.5, 0.6) is 0 Å². The van der Waals surface area contributed by atoms with Gasteiger partial charge in [0.15, 0.2) is 0 Å². The van der Waals surface area contributed by atoms with Crippen molar-refractivity contribution in [3.8, 4) is 0 Å². The first-order valence-corrected chi connectivity index (χ1v) is 14.4. The molecular formula is C26H34N8O14. The maximum absolute atomic E-state index is 12.8. The van der Waals surface area contributed by atoms with Crippen LogP contribution in [0, 0.1) is 0 Å². The second-order valence-electron chi connectivity index (χ2n) is 10.8. The van der Waals surface area contributed by atoms with Crippen LogP contribution in [0.2, 0.25) is 0 Å². The number of carbonyl (C=O) groups excluding carboxylic acids is 2. The monoisotopic (exact) mass is 682 g/mol. The molecule has 0 radical (unpaired) electrons. The quantitative estimate of drug-likeness (QED) is 0.0848. The predicted octanol–water partition coefficient (Wildman–Crippen LogP) is -6.81. The van der Waals surface area contributed by atoms with Gasteiger partial charge in [0.1, 0.15) is 60.2 Å². The van der Waals surface area contributed by atoms with Gasteiger partial charge in [-0.25, -0.2) is 0 Å². The lowest BCUT2D eigenvalue weighted by atomic mass is 9.99. The Hall–Kier alpha value is -4.36. The summed E-state index contributed by atoms with van der Waals surface area (Å²) in [6.45, 7) is -1.52. The van der Waals surface area contributed by atoms with Gasteiger partial charge in [-0.05, 0) is 28.6 Å². The minimum atomic E-state index is -1.66. The van der Waals surface area contributed by atoms with E-state index >= 15 is 0 Å². The molecule has 22 heteroatoms. The summed E-state index contributed by atoms with van der Waals surface area (Å²) < 4.78 is 10.5. The smallest absolute Gasteiger partial charge is 0.256 e. The molecule has 0 saturated carbocycles. The van der Waals surface area contributed by atoms with Gasteiger partial charge < -0.3 is 70.6 Å². The highest BCUT2D eigenvalue weighted by Gasteiger charge is 2.46. The van der Waals surface area contributed by atoms with Crippen LogP contribution in [-0.4, -0.2) is 158 Å². The number of nitrogens with zero attached hydrogens (tertiary/aromatic N) is 6. The number of aliphatic hydroxyl groups excluding tert-OH is 8. The molecule has 262 valence electrons. The van der Waals surface area contributed by atoms with Crippen LogP contribution in [0.15, 0.2) is 36.7 Å². The lowest BCUT2D eigenvalue weighted by Gasteiger charge is -2.38. The summed E-state index contributed by atoms with van der Waals surface area (Å²) in [5.74, 6) is -1.11. The van der Waals surface area contributed by atoms with Crippen molar-refractivity contribution in [2.24, 2.45) is 0 Å². The third-order valence-corrected chi connectivity index (χ3v) is 7.41. The molecule has 10 atom stereocenters. The van der Waals surface area contributed by atoms with E-state index in [0.29, 0.717) is 0 Å². The van der Waals surface area contributed by atoms with Crippen LogP contribution in [-0.2, 0) is 22.6 Å². The average Bonchev–Trinajstić information content (AvgIpc) is 3.75. The number of carbonyl (C=O) groups is 2. The fourth-order valence-electron chi connectivity index (χ4n) is 4.70. The SMILES string of the molecule is O=C(NCc1cn(O[C@@H]2O[C@H](CO)[C@@H](O)[C@H](O)[C@H]2O)nn1)c1cccc(C(=O)NCc2cn(O[C@@H]3O[C@H](CO)[C@@H](O)[C@H](O)[C@H]3O)nn2)c1. The van der Waals surface area contributed by atoms with Gasteiger partial charge in [-0.2, -0.15) is 0 Å². The molecule has 2 aliphatic heterocycles. The lowest BCUT2D eigenvalue weighted by molar-refractivity contribution is -0.303.